The predicted molar refractivity (Wildman–Crippen MR) is 60.2 cm³/mol. The number of hydrogen-bond acceptors (Lipinski definition) is 2. The van der Waals surface area contributed by atoms with Crippen molar-refractivity contribution in [3.63, 3.8) is 0 Å². The van der Waals surface area contributed by atoms with E-state index < -0.39 is 0 Å². The van der Waals surface area contributed by atoms with Crippen LogP contribution >= 0.6 is 0 Å². The van der Waals surface area contributed by atoms with Crippen LogP contribution in [-0.2, 0) is 12.0 Å². The SMILES string of the molecule is CC[C@H]1COc2c(C(C)(C)C)cnn2C1. The van der Waals surface area contributed by atoms with Crippen molar-refractivity contribution in [2.24, 2.45) is 5.92 Å². The first-order valence-corrected chi connectivity index (χ1v) is 5.71. The van der Waals surface area contributed by atoms with Crippen molar-refractivity contribution in [2.75, 3.05) is 6.61 Å². The Kier molecular flexibility index (Phi) is 2.49. The molecule has 0 unspecified atom stereocenters. The fraction of sp³-hybridized carbons (Fsp3) is 0.750. The number of hydrogen-bond donors (Lipinski definition) is 0. The van der Waals surface area contributed by atoms with Crippen LogP contribution in [0.25, 0.3) is 0 Å². The molecule has 1 aliphatic rings. The number of rotatable bonds is 1. The summed E-state index contributed by atoms with van der Waals surface area (Å²) in [6, 6.07) is 0. The summed E-state index contributed by atoms with van der Waals surface area (Å²) in [6.07, 6.45) is 3.11. The second kappa shape index (κ2) is 3.54. The summed E-state index contributed by atoms with van der Waals surface area (Å²) in [5.74, 6) is 1.59. The predicted octanol–water partition coefficient (Wildman–Crippen LogP) is 2.60. The van der Waals surface area contributed by atoms with Crippen molar-refractivity contribution in [2.45, 2.75) is 46.1 Å². The number of fused-ring (bicyclic) bond motifs is 1. The third kappa shape index (κ3) is 1.87. The van der Waals surface area contributed by atoms with E-state index in [1.54, 1.807) is 0 Å². The van der Waals surface area contributed by atoms with E-state index in [9.17, 15) is 0 Å². The molecule has 0 spiro atoms. The molecule has 0 N–H and O–H groups in total. The van der Waals surface area contributed by atoms with Gasteiger partial charge in [0.1, 0.15) is 0 Å². The Bertz CT molecular complexity index is 349. The van der Waals surface area contributed by atoms with E-state index in [1.165, 1.54) is 5.56 Å². The van der Waals surface area contributed by atoms with E-state index in [0.29, 0.717) is 5.92 Å². The summed E-state index contributed by atoms with van der Waals surface area (Å²) in [5.41, 5.74) is 1.34. The maximum Gasteiger partial charge on any atom is 0.215 e. The minimum Gasteiger partial charge on any atom is -0.477 e. The molecule has 0 saturated heterocycles. The quantitative estimate of drug-likeness (QED) is 0.709. The van der Waals surface area contributed by atoms with E-state index in [4.69, 9.17) is 4.74 Å². The third-order valence-corrected chi connectivity index (χ3v) is 3.06. The van der Waals surface area contributed by atoms with E-state index in [2.05, 4.69) is 32.8 Å². The Balaban J connectivity index is 2.30. The van der Waals surface area contributed by atoms with E-state index >= 15 is 0 Å². The fourth-order valence-corrected chi connectivity index (χ4v) is 1.91. The third-order valence-electron chi connectivity index (χ3n) is 3.06. The van der Waals surface area contributed by atoms with E-state index in [1.807, 2.05) is 10.9 Å². The van der Waals surface area contributed by atoms with Crippen molar-refractivity contribution in [1.82, 2.24) is 9.78 Å². The molecule has 0 fully saturated rings. The van der Waals surface area contributed by atoms with Gasteiger partial charge in [0.25, 0.3) is 0 Å². The maximum atomic E-state index is 5.83. The molecule has 0 bridgehead atoms. The molecule has 0 saturated carbocycles. The van der Waals surface area contributed by atoms with Crippen molar-refractivity contribution in [1.29, 1.82) is 0 Å². The molecule has 0 amide bonds. The Morgan fingerprint density at radius 1 is 1.53 bits per heavy atom. The highest BCUT2D eigenvalue weighted by Crippen LogP contribution is 2.34. The van der Waals surface area contributed by atoms with Crippen LogP contribution in [0.15, 0.2) is 6.20 Å². The largest absolute Gasteiger partial charge is 0.477 e. The van der Waals surface area contributed by atoms with E-state index in [-0.39, 0.29) is 5.41 Å². The van der Waals surface area contributed by atoms with Crippen molar-refractivity contribution >= 4 is 0 Å². The molecular weight excluding hydrogens is 188 g/mol. The lowest BCUT2D eigenvalue weighted by molar-refractivity contribution is 0.158. The highest BCUT2D eigenvalue weighted by Gasteiger charge is 2.27. The van der Waals surface area contributed by atoms with Crippen LogP contribution < -0.4 is 4.74 Å². The van der Waals surface area contributed by atoms with Crippen LogP contribution in [0.5, 0.6) is 5.88 Å². The van der Waals surface area contributed by atoms with Gasteiger partial charge >= 0.3 is 0 Å². The smallest absolute Gasteiger partial charge is 0.215 e. The van der Waals surface area contributed by atoms with Gasteiger partial charge in [0, 0.05) is 11.5 Å². The standard InChI is InChI=1S/C12H20N2O/c1-5-9-7-14-11(15-8-9)10(6-13-14)12(2,3)4/h6,9H,5,7-8H2,1-4H3/t9-/m1/s1. The Hall–Kier alpha value is -0.990. The minimum atomic E-state index is 0.118. The maximum absolute atomic E-state index is 5.83. The molecule has 0 aromatic carbocycles. The van der Waals surface area contributed by atoms with Gasteiger partial charge in [0.2, 0.25) is 5.88 Å². The van der Waals surface area contributed by atoms with Crippen molar-refractivity contribution in [3.8, 4) is 5.88 Å². The van der Waals surface area contributed by atoms with Crippen LogP contribution in [0.2, 0.25) is 0 Å². The van der Waals surface area contributed by atoms with Gasteiger partial charge in [-0.25, -0.2) is 4.68 Å². The molecule has 84 valence electrons. The van der Waals surface area contributed by atoms with Gasteiger partial charge in [-0.3, -0.25) is 0 Å². The van der Waals surface area contributed by atoms with Gasteiger partial charge in [-0.1, -0.05) is 27.7 Å². The zero-order chi connectivity index (χ0) is 11.1. The summed E-state index contributed by atoms with van der Waals surface area (Å²) in [4.78, 5) is 0. The summed E-state index contributed by atoms with van der Waals surface area (Å²) >= 11 is 0. The van der Waals surface area contributed by atoms with Gasteiger partial charge in [0.05, 0.1) is 19.3 Å². The summed E-state index contributed by atoms with van der Waals surface area (Å²) < 4.78 is 7.84. The average Bonchev–Trinajstić information content (AvgIpc) is 2.59. The summed E-state index contributed by atoms with van der Waals surface area (Å²) in [5, 5.41) is 4.41. The second-order valence-electron chi connectivity index (χ2n) is 5.38. The lowest BCUT2D eigenvalue weighted by Crippen LogP contribution is -2.26. The zero-order valence-electron chi connectivity index (χ0n) is 10.1. The van der Waals surface area contributed by atoms with Crippen LogP contribution in [0.1, 0.15) is 39.7 Å². The van der Waals surface area contributed by atoms with Gasteiger partial charge < -0.3 is 4.74 Å². The Labute approximate surface area is 91.4 Å². The lowest BCUT2D eigenvalue weighted by Gasteiger charge is -2.26. The van der Waals surface area contributed by atoms with Crippen LogP contribution in [0.4, 0.5) is 0 Å². The fourth-order valence-electron chi connectivity index (χ4n) is 1.91. The molecule has 0 aliphatic carbocycles. The van der Waals surface area contributed by atoms with Crippen LogP contribution in [-0.4, -0.2) is 16.4 Å². The first-order valence-electron chi connectivity index (χ1n) is 5.71. The molecule has 1 aliphatic heterocycles. The normalized spacial score (nSPS) is 20.9. The Morgan fingerprint density at radius 2 is 2.27 bits per heavy atom. The van der Waals surface area contributed by atoms with Crippen LogP contribution in [0, 0.1) is 5.92 Å². The van der Waals surface area contributed by atoms with Gasteiger partial charge in [-0.05, 0) is 11.8 Å². The highest BCUT2D eigenvalue weighted by molar-refractivity contribution is 5.31. The van der Waals surface area contributed by atoms with Crippen molar-refractivity contribution in [3.05, 3.63) is 11.8 Å². The summed E-state index contributed by atoms with van der Waals surface area (Å²) in [6.45, 7) is 10.6. The first kappa shape index (κ1) is 10.5. The number of aromatic nitrogens is 2. The molecule has 0 radical (unpaired) electrons. The molecular formula is C12H20N2O. The molecule has 1 aromatic heterocycles. The number of ether oxygens (including phenoxy) is 1. The van der Waals surface area contributed by atoms with Gasteiger partial charge in [-0.2, -0.15) is 5.10 Å². The lowest BCUT2D eigenvalue weighted by atomic mass is 9.89. The van der Waals surface area contributed by atoms with Gasteiger partial charge in [0.15, 0.2) is 0 Å². The second-order valence-corrected chi connectivity index (χ2v) is 5.38. The molecule has 3 heteroatoms. The van der Waals surface area contributed by atoms with Gasteiger partial charge in [-0.15, -0.1) is 0 Å². The average molecular weight is 208 g/mol. The minimum absolute atomic E-state index is 0.118. The van der Waals surface area contributed by atoms with Crippen molar-refractivity contribution < 1.29 is 4.74 Å². The first-order chi connectivity index (χ1) is 7.02. The topological polar surface area (TPSA) is 27.1 Å². The molecule has 15 heavy (non-hydrogen) atoms. The number of nitrogens with zero attached hydrogens (tertiary/aromatic N) is 2. The molecule has 2 heterocycles. The monoisotopic (exact) mass is 208 g/mol. The molecule has 2 rings (SSSR count). The highest BCUT2D eigenvalue weighted by atomic mass is 16.5. The molecule has 1 atom stereocenters. The molecule has 3 nitrogen and oxygen atoms in total. The van der Waals surface area contributed by atoms with Crippen LogP contribution in [0.3, 0.4) is 0 Å². The zero-order valence-corrected chi connectivity index (χ0v) is 10.1. The molecule has 1 aromatic rings. The Morgan fingerprint density at radius 3 is 2.87 bits per heavy atom. The van der Waals surface area contributed by atoms with E-state index in [0.717, 1.165) is 25.5 Å². The summed E-state index contributed by atoms with van der Waals surface area (Å²) in [7, 11) is 0.